The molecule has 0 bridgehead atoms. The van der Waals surface area contributed by atoms with Gasteiger partial charge in [0.05, 0.1) is 12.7 Å². The molecule has 0 saturated carbocycles. The molecule has 0 aromatic rings. The van der Waals surface area contributed by atoms with Crippen molar-refractivity contribution in [3.05, 3.63) is 24.3 Å². The second-order valence-electron chi connectivity index (χ2n) is 3.39. The highest BCUT2D eigenvalue weighted by Crippen LogP contribution is 2.17. The summed E-state index contributed by atoms with van der Waals surface area (Å²) in [4.78, 5) is 0. The summed E-state index contributed by atoms with van der Waals surface area (Å²) in [5.41, 5.74) is 0. The average molecular weight is 181 g/mol. The molecule has 0 radical (unpaired) electrons. The smallest absolute Gasteiger partial charge is 0.0613 e. The van der Waals surface area contributed by atoms with Crippen LogP contribution in [0.1, 0.15) is 13.3 Å². The van der Waals surface area contributed by atoms with Gasteiger partial charge >= 0.3 is 0 Å². The van der Waals surface area contributed by atoms with Gasteiger partial charge in [0.2, 0.25) is 0 Å². The van der Waals surface area contributed by atoms with Crippen LogP contribution in [0.25, 0.3) is 0 Å². The number of allylic oxidation sites excluding steroid dienone is 3. The quantitative estimate of drug-likeness (QED) is 0.652. The van der Waals surface area contributed by atoms with E-state index in [9.17, 15) is 0 Å². The van der Waals surface area contributed by atoms with Gasteiger partial charge in [-0.3, -0.25) is 0 Å². The van der Waals surface area contributed by atoms with Crippen molar-refractivity contribution in [2.45, 2.75) is 19.4 Å². The fourth-order valence-electron chi connectivity index (χ4n) is 1.42. The normalized spacial score (nSPS) is 23.4. The summed E-state index contributed by atoms with van der Waals surface area (Å²) in [6.45, 7) is 3.87. The molecule has 0 aromatic heterocycles. The molecule has 0 saturated heterocycles. The molecule has 0 spiro atoms. The van der Waals surface area contributed by atoms with Crippen LogP contribution in [0.5, 0.6) is 0 Å². The number of likely N-dealkylation sites (N-methyl/N-ethyl adjacent to an activating group) is 1. The first-order chi connectivity index (χ1) is 6.34. The van der Waals surface area contributed by atoms with E-state index in [0.717, 1.165) is 19.6 Å². The van der Waals surface area contributed by atoms with Gasteiger partial charge in [0, 0.05) is 12.5 Å². The van der Waals surface area contributed by atoms with Gasteiger partial charge in [-0.1, -0.05) is 24.3 Å². The van der Waals surface area contributed by atoms with Crippen LogP contribution in [0.15, 0.2) is 24.3 Å². The Balaban J connectivity index is 2.19. The molecule has 1 aliphatic rings. The largest absolute Gasteiger partial charge is 0.377 e. The molecule has 2 nitrogen and oxygen atoms in total. The van der Waals surface area contributed by atoms with Gasteiger partial charge in [-0.15, -0.1) is 0 Å². The molecule has 2 atom stereocenters. The van der Waals surface area contributed by atoms with Crippen molar-refractivity contribution in [3.63, 3.8) is 0 Å². The minimum absolute atomic E-state index is 0.328. The lowest BCUT2D eigenvalue weighted by Crippen LogP contribution is -2.24. The van der Waals surface area contributed by atoms with Gasteiger partial charge in [0.15, 0.2) is 0 Å². The third-order valence-electron chi connectivity index (χ3n) is 2.35. The van der Waals surface area contributed by atoms with E-state index in [1.165, 1.54) is 0 Å². The van der Waals surface area contributed by atoms with Crippen molar-refractivity contribution in [2.24, 2.45) is 5.92 Å². The summed E-state index contributed by atoms with van der Waals surface area (Å²) in [5, 5.41) is 3.07. The van der Waals surface area contributed by atoms with Crippen molar-refractivity contribution < 1.29 is 4.74 Å². The molecular formula is C11H19NO. The van der Waals surface area contributed by atoms with Crippen LogP contribution in [0.4, 0.5) is 0 Å². The Morgan fingerprint density at radius 1 is 1.54 bits per heavy atom. The predicted octanol–water partition coefficient (Wildman–Crippen LogP) is 1.74. The molecule has 1 N–H and O–H groups in total. The zero-order valence-electron chi connectivity index (χ0n) is 8.49. The maximum Gasteiger partial charge on any atom is 0.0613 e. The molecular weight excluding hydrogens is 162 g/mol. The van der Waals surface area contributed by atoms with E-state index < -0.39 is 0 Å². The first-order valence-electron chi connectivity index (χ1n) is 4.94. The Bertz CT molecular complexity index is 187. The Morgan fingerprint density at radius 3 is 3.00 bits per heavy atom. The second-order valence-corrected chi connectivity index (χ2v) is 3.39. The van der Waals surface area contributed by atoms with Crippen LogP contribution < -0.4 is 5.32 Å². The Labute approximate surface area is 80.7 Å². The van der Waals surface area contributed by atoms with Crippen molar-refractivity contribution in [2.75, 3.05) is 20.2 Å². The third kappa shape index (κ3) is 3.75. The average Bonchev–Trinajstić information content (AvgIpc) is 2.19. The molecule has 0 heterocycles. The van der Waals surface area contributed by atoms with Crippen molar-refractivity contribution in [1.29, 1.82) is 0 Å². The van der Waals surface area contributed by atoms with Crippen LogP contribution in [-0.4, -0.2) is 26.3 Å². The lowest BCUT2D eigenvalue weighted by Gasteiger charge is -2.21. The van der Waals surface area contributed by atoms with Crippen molar-refractivity contribution in [1.82, 2.24) is 5.32 Å². The van der Waals surface area contributed by atoms with Crippen LogP contribution >= 0.6 is 0 Å². The molecule has 0 fully saturated rings. The SMILES string of the molecule is CNCCO[C@H](C)C1C=CC=CC1. The minimum Gasteiger partial charge on any atom is -0.377 e. The monoisotopic (exact) mass is 181 g/mol. The zero-order chi connectivity index (χ0) is 9.52. The van der Waals surface area contributed by atoms with Gasteiger partial charge in [0.25, 0.3) is 0 Å². The summed E-state index contributed by atoms with van der Waals surface area (Å²) < 4.78 is 5.67. The Morgan fingerprint density at radius 2 is 2.38 bits per heavy atom. The van der Waals surface area contributed by atoms with Crippen molar-refractivity contribution in [3.8, 4) is 0 Å². The first-order valence-corrected chi connectivity index (χ1v) is 4.94. The van der Waals surface area contributed by atoms with E-state index in [1.807, 2.05) is 7.05 Å². The maximum absolute atomic E-state index is 5.67. The predicted molar refractivity (Wildman–Crippen MR) is 55.7 cm³/mol. The van der Waals surface area contributed by atoms with Crippen LogP contribution in [-0.2, 0) is 4.74 Å². The fraction of sp³-hybridized carbons (Fsp3) is 0.636. The maximum atomic E-state index is 5.67. The van der Waals surface area contributed by atoms with E-state index in [1.54, 1.807) is 0 Å². The molecule has 2 heteroatoms. The van der Waals surface area contributed by atoms with Gasteiger partial charge in [-0.25, -0.2) is 0 Å². The highest BCUT2D eigenvalue weighted by atomic mass is 16.5. The Hall–Kier alpha value is -0.600. The number of hydrogen-bond acceptors (Lipinski definition) is 2. The van der Waals surface area contributed by atoms with E-state index >= 15 is 0 Å². The van der Waals surface area contributed by atoms with Gasteiger partial charge < -0.3 is 10.1 Å². The van der Waals surface area contributed by atoms with Gasteiger partial charge in [-0.05, 0) is 20.4 Å². The molecule has 0 aromatic carbocycles. The summed E-state index contributed by atoms with van der Waals surface area (Å²) in [6.07, 6.45) is 10.1. The van der Waals surface area contributed by atoms with E-state index in [2.05, 4.69) is 36.5 Å². The van der Waals surface area contributed by atoms with Crippen molar-refractivity contribution >= 4 is 0 Å². The number of rotatable bonds is 5. The molecule has 0 amide bonds. The molecule has 0 aliphatic heterocycles. The summed E-state index contributed by atoms with van der Waals surface area (Å²) in [6, 6.07) is 0. The Kier molecular flexibility index (Phi) is 4.79. The molecule has 13 heavy (non-hydrogen) atoms. The number of nitrogens with one attached hydrogen (secondary N) is 1. The van der Waals surface area contributed by atoms with E-state index in [-0.39, 0.29) is 0 Å². The van der Waals surface area contributed by atoms with Crippen LogP contribution in [0.2, 0.25) is 0 Å². The number of hydrogen-bond donors (Lipinski definition) is 1. The molecule has 1 unspecified atom stereocenters. The lowest BCUT2D eigenvalue weighted by atomic mass is 9.96. The summed E-state index contributed by atoms with van der Waals surface area (Å²) >= 11 is 0. The zero-order valence-corrected chi connectivity index (χ0v) is 8.49. The standard InChI is InChI=1S/C11H19NO/c1-10(13-9-8-12-2)11-6-4-3-5-7-11/h3-6,10-12H,7-9H2,1-2H3/t10-,11?/m1/s1. The first kappa shape index (κ1) is 10.5. The summed E-state index contributed by atoms with van der Waals surface area (Å²) in [7, 11) is 1.94. The van der Waals surface area contributed by atoms with Gasteiger partial charge in [-0.2, -0.15) is 0 Å². The minimum atomic E-state index is 0.328. The lowest BCUT2D eigenvalue weighted by molar-refractivity contribution is 0.0415. The van der Waals surface area contributed by atoms with Crippen LogP contribution in [0, 0.1) is 5.92 Å². The highest BCUT2D eigenvalue weighted by molar-refractivity contribution is 5.11. The topological polar surface area (TPSA) is 21.3 Å². The van der Waals surface area contributed by atoms with E-state index in [0.29, 0.717) is 12.0 Å². The molecule has 1 aliphatic carbocycles. The highest BCUT2D eigenvalue weighted by Gasteiger charge is 2.14. The van der Waals surface area contributed by atoms with E-state index in [4.69, 9.17) is 4.74 Å². The second kappa shape index (κ2) is 5.95. The fourth-order valence-corrected chi connectivity index (χ4v) is 1.42. The van der Waals surface area contributed by atoms with Crippen LogP contribution in [0.3, 0.4) is 0 Å². The van der Waals surface area contributed by atoms with Gasteiger partial charge in [0.1, 0.15) is 0 Å². The number of ether oxygens (including phenoxy) is 1. The third-order valence-corrected chi connectivity index (χ3v) is 2.35. The molecule has 1 rings (SSSR count). The summed E-state index contributed by atoms with van der Waals surface area (Å²) in [5.74, 6) is 0.557. The molecule has 74 valence electrons.